The van der Waals surface area contributed by atoms with Gasteiger partial charge in [-0.25, -0.2) is 4.79 Å². The largest absolute Gasteiger partial charge is 0.467 e. The van der Waals surface area contributed by atoms with E-state index in [4.69, 9.17) is 4.42 Å². The number of nitrogens with one attached hydrogen (secondary N) is 1. The Morgan fingerprint density at radius 3 is 2.39 bits per heavy atom. The lowest BCUT2D eigenvalue weighted by Gasteiger charge is -2.27. The van der Waals surface area contributed by atoms with Gasteiger partial charge in [-0.15, -0.1) is 0 Å². The molecule has 0 saturated carbocycles. The topological polar surface area (TPSA) is 65.8 Å². The summed E-state index contributed by atoms with van der Waals surface area (Å²) in [5.74, 6) is 0.623. The minimum atomic E-state index is -0.179. The van der Waals surface area contributed by atoms with Crippen LogP contribution < -0.4 is 5.32 Å². The Kier molecular flexibility index (Phi) is 9.11. The maximum Gasteiger partial charge on any atom is 0.317 e. The summed E-state index contributed by atoms with van der Waals surface area (Å²) in [5.41, 5.74) is 1.04. The van der Waals surface area contributed by atoms with Crippen LogP contribution >= 0.6 is 0 Å². The molecule has 2 rings (SSSR count). The molecule has 0 unspecified atom stereocenters. The van der Waals surface area contributed by atoms with Crippen molar-refractivity contribution in [2.45, 2.75) is 46.2 Å². The molecule has 1 aromatic carbocycles. The Hall–Kier alpha value is -2.76. The van der Waals surface area contributed by atoms with Crippen molar-refractivity contribution in [3.05, 3.63) is 60.1 Å². The van der Waals surface area contributed by atoms with Crippen molar-refractivity contribution in [2.24, 2.45) is 0 Å². The monoisotopic (exact) mass is 385 g/mol. The highest BCUT2D eigenvalue weighted by atomic mass is 16.3. The fraction of sp³-hybridized carbons (Fsp3) is 0.455. The zero-order valence-corrected chi connectivity index (χ0v) is 16.9. The van der Waals surface area contributed by atoms with Crippen LogP contribution in [0, 0.1) is 0 Å². The Balaban J connectivity index is 2.06. The molecule has 0 aliphatic rings. The number of amides is 3. The van der Waals surface area contributed by atoms with Gasteiger partial charge in [-0.3, -0.25) is 4.79 Å². The van der Waals surface area contributed by atoms with Gasteiger partial charge in [-0.2, -0.15) is 0 Å². The van der Waals surface area contributed by atoms with E-state index in [1.54, 1.807) is 16.1 Å². The van der Waals surface area contributed by atoms with E-state index >= 15 is 0 Å². The van der Waals surface area contributed by atoms with Crippen LogP contribution in [0.1, 0.15) is 44.4 Å². The molecule has 28 heavy (non-hydrogen) atoms. The molecule has 3 amide bonds. The predicted molar refractivity (Wildman–Crippen MR) is 110 cm³/mol. The van der Waals surface area contributed by atoms with Gasteiger partial charge >= 0.3 is 6.03 Å². The molecule has 1 heterocycles. The van der Waals surface area contributed by atoms with Crippen molar-refractivity contribution in [1.29, 1.82) is 0 Å². The smallest absolute Gasteiger partial charge is 0.317 e. The number of unbranched alkanes of at least 4 members (excludes halogenated alkanes) is 1. The standard InChI is InChI=1S/C22H31N3O3/c1-3-5-13-23-22(27)24(14-4-2)18-21(26)25(17-20-12-9-15-28-20)16-19-10-7-6-8-11-19/h6-12,15H,3-5,13-14,16-18H2,1-2H3,(H,23,27). The number of furan rings is 1. The summed E-state index contributed by atoms with van der Waals surface area (Å²) >= 11 is 0. The molecule has 0 radical (unpaired) electrons. The first-order valence-corrected chi connectivity index (χ1v) is 10.0. The number of benzene rings is 1. The molecule has 0 aliphatic carbocycles. The molecule has 1 N–H and O–H groups in total. The summed E-state index contributed by atoms with van der Waals surface area (Å²) < 4.78 is 5.43. The van der Waals surface area contributed by atoms with Crippen molar-refractivity contribution < 1.29 is 14.0 Å². The van der Waals surface area contributed by atoms with E-state index in [1.165, 1.54) is 0 Å². The molecule has 0 atom stereocenters. The molecular formula is C22H31N3O3. The number of hydrogen-bond acceptors (Lipinski definition) is 3. The minimum absolute atomic E-state index is 0.0549. The van der Waals surface area contributed by atoms with Crippen molar-refractivity contribution in [2.75, 3.05) is 19.6 Å². The number of carbonyl (C=O) groups excluding carboxylic acids is 2. The Labute approximate surface area is 167 Å². The van der Waals surface area contributed by atoms with Gasteiger partial charge in [0, 0.05) is 19.6 Å². The van der Waals surface area contributed by atoms with Crippen molar-refractivity contribution >= 4 is 11.9 Å². The molecule has 6 heteroatoms. The van der Waals surface area contributed by atoms with Crippen molar-refractivity contribution in [3.8, 4) is 0 Å². The highest BCUT2D eigenvalue weighted by molar-refractivity contribution is 5.84. The summed E-state index contributed by atoms with van der Waals surface area (Å²) in [6.07, 6.45) is 4.34. The second-order valence-electron chi connectivity index (χ2n) is 6.82. The molecule has 152 valence electrons. The van der Waals surface area contributed by atoms with Crippen LogP contribution in [-0.4, -0.2) is 41.4 Å². The number of hydrogen-bond donors (Lipinski definition) is 1. The maximum atomic E-state index is 13.1. The third-order valence-corrected chi connectivity index (χ3v) is 4.41. The molecule has 0 saturated heterocycles. The highest BCUT2D eigenvalue weighted by Crippen LogP contribution is 2.12. The third kappa shape index (κ3) is 7.10. The first-order valence-electron chi connectivity index (χ1n) is 10.0. The summed E-state index contributed by atoms with van der Waals surface area (Å²) in [6.45, 7) is 6.15. The number of urea groups is 1. The summed E-state index contributed by atoms with van der Waals surface area (Å²) in [7, 11) is 0. The van der Waals surface area contributed by atoms with Gasteiger partial charge in [-0.1, -0.05) is 50.6 Å². The number of rotatable bonds is 11. The zero-order chi connectivity index (χ0) is 20.2. The average Bonchev–Trinajstić information content (AvgIpc) is 3.21. The first-order chi connectivity index (χ1) is 13.6. The van der Waals surface area contributed by atoms with E-state index in [0.717, 1.165) is 30.6 Å². The van der Waals surface area contributed by atoms with Crippen molar-refractivity contribution in [3.63, 3.8) is 0 Å². The summed E-state index contributed by atoms with van der Waals surface area (Å²) in [5, 5.41) is 2.91. The van der Waals surface area contributed by atoms with Crippen LogP contribution in [0.2, 0.25) is 0 Å². The van der Waals surface area contributed by atoms with Gasteiger partial charge in [0.05, 0.1) is 12.8 Å². The lowest BCUT2D eigenvalue weighted by atomic mass is 10.2. The Morgan fingerprint density at radius 2 is 1.75 bits per heavy atom. The van der Waals surface area contributed by atoms with Gasteiger partial charge in [0.25, 0.3) is 0 Å². The van der Waals surface area contributed by atoms with Gasteiger partial charge < -0.3 is 19.5 Å². The third-order valence-electron chi connectivity index (χ3n) is 4.41. The Morgan fingerprint density at radius 1 is 0.964 bits per heavy atom. The normalized spacial score (nSPS) is 10.5. The van der Waals surface area contributed by atoms with E-state index in [9.17, 15) is 9.59 Å². The molecule has 0 spiro atoms. The molecule has 0 fully saturated rings. The molecule has 0 aliphatic heterocycles. The summed E-state index contributed by atoms with van der Waals surface area (Å²) in [4.78, 5) is 28.9. The maximum absolute atomic E-state index is 13.1. The summed E-state index contributed by atoms with van der Waals surface area (Å²) in [6, 6.07) is 13.3. The van der Waals surface area contributed by atoms with E-state index in [0.29, 0.717) is 26.2 Å². The van der Waals surface area contributed by atoms with Crippen LogP contribution in [0.25, 0.3) is 0 Å². The van der Waals surface area contributed by atoms with E-state index < -0.39 is 0 Å². The van der Waals surface area contributed by atoms with Crippen LogP contribution in [0.3, 0.4) is 0 Å². The fourth-order valence-electron chi connectivity index (χ4n) is 2.90. The minimum Gasteiger partial charge on any atom is -0.467 e. The van der Waals surface area contributed by atoms with E-state index in [2.05, 4.69) is 12.2 Å². The quantitative estimate of drug-likeness (QED) is 0.594. The average molecular weight is 386 g/mol. The first kappa shape index (κ1) is 21.5. The number of nitrogens with zero attached hydrogens (tertiary/aromatic N) is 2. The van der Waals surface area contributed by atoms with Crippen LogP contribution in [-0.2, 0) is 17.9 Å². The molecule has 0 bridgehead atoms. The van der Waals surface area contributed by atoms with Gasteiger partial charge in [0.15, 0.2) is 0 Å². The van der Waals surface area contributed by atoms with Crippen LogP contribution in [0.5, 0.6) is 0 Å². The van der Waals surface area contributed by atoms with E-state index in [1.807, 2.05) is 49.4 Å². The lowest BCUT2D eigenvalue weighted by Crippen LogP contribution is -2.47. The van der Waals surface area contributed by atoms with Gasteiger partial charge in [0.2, 0.25) is 5.91 Å². The fourth-order valence-corrected chi connectivity index (χ4v) is 2.90. The van der Waals surface area contributed by atoms with Crippen molar-refractivity contribution in [1.82, 2.24) is 15.1 Å². The second-order valence-corrected chi connectivity index (χ2v) is 6.82. The molecule has 2 aromatic rings. The van der Waals surface area contributed by atoms with E-state index in [-0.39, 0.29) is 18.5 Å². The van der Waals surface area contributed by atoms with Crippen LogP contribution in [0.15, 0.2) is 53.1 Å². The molecule has 1 aromatic heterocycles. The second kappa shape index (κ2) is 11.8. The molecule has 6 nitrogen and oxygen atoms in total. The molecular weight excluding hydrogens is 354 g/mol. The van der Waals surface area contributed by atoms with Gasteiger partial charge in [-0.05, 0) is 30.5 Å². The van der Waals surface area contributed by atoms with Crippen LogP contribution in [0.4, 0.5) is 4.79 Å². The number of carbonyl (C=O) groups is 2. The zero-order valence-electron chi connectivity index (χ0n) is 16.9. The van der Waals surface area contributed by atoms with Gasteiger partial charge in [0.1, 0.15) is 12.3 Å². The predicted octanol–water partition coefficient (Wildman–Crippen LogP) is 4.03. The Bertz CT molecular complexity index is 701. The SMILES string of the molecule is CCCCNC(=O)N(CCC)CC(=O)N(Cc1ccccc1)Cc1ccco1. The lowest BCUT2D eigenvalue weighted by molar-refractivity contribution is -0.133. The highest BCUT2D eigenvalue weighted by Gasteiger charge is 2.21.